The Hall–Kier alpha value is -2.86. The Labute approximate surface area is 225 Å². The van der Waals surface area contributed by atoms with Crippen LogP contribution < -0.4 is 10.5 Å². The van der Waals surface area contributed by atoms with E-state index in [0.29, 0.717) is 55.2 Å². The summed E-state index contributed by atoms with van der Waals surface area (Å²) in [6.07, 6.45) is 0. The van der Waals surface area contributed by atoms with Crippen LogP contribution in [0.25, 0.3) is 33.4 Å². The van der Waals surface area contributed by atoms with E-state index in [9.17, 15) is 9.59 Å². The van der Waals surface area contributed by atoms with Gasteiger partial charge in [0.05, 0.1) is 16.4 Å². The smallest absolute Gasteiger partial charge is 0.257 e. The first kappa shape index (κ1) is 26.2. The van der Waals surface area contributed by atoms with Crippen molar-refractivity contribution >= 4 is 57.4 Å². The van der Waals surface area contributed by atoms with E-state index in [2.05, 4.69) is 0 Å². The van der Waals surface area contributed by atoms with E-state index in [1.807, 2.05) is 50.2 Å². The van der Waals surface area contributed by atoms with Gasteiger partial charge in [0.2, 0.25) is 5.91 Å². The van der Waals surface area contributed by atoms with Gasteiger partial charge in [0.1, 0.15) is 5.65 Å². The van der Waals surface area contributed by atoms with Crippen LogP contribution in [0.4, 0.5) is 5.69 Å². The monoisotopic (exact) mass is 541 g/mol. The minimum Gasteiger partial charge on any atom is -0.315 e. The van der Waals surface area contributed by atoms with Gasteiger partial charge in [0.25, 0.3) is 5.56 Å². The van der Waals surface area contributed by atoms with Crippen molar-refractivity contribution in [2.45, 2.75) is 34.2 Å². The first-order chi connectivity index (χ1) is 17.0. The van der Waals surface area contributed by atoms with Gasteiger partial charge in [-0.2, -0.15) is 0 Å². The number of hydrogen-bond acceptors (Lipinski definition) is 3. The summed E-state index contributed by atoms with van der Waals surface area (Å²) in [4.78, 5) is 32.5. The van der Waals surface area contributed by atoms with Crippen LogP contribution in [-0.2, 0) is 11.3 Å². The van der Waals surface area contributed by atoms with Crippen molar-refractivity contribution in [3.8, 4) is 22.4 Å². The first-order valence-corrected chi connectivity index (χ1v) is 12.7. The number of carbonyl (C=O) groups excluding carboxylic acids is 1. The maximum atomic E-state index is 13.5. The summed E-state index contributed by atoms with van der Waals surface area (Å²) in [6.45, 7) is 7.78. The van der Waals surface area contributed by atoms with Crippen molar-refractivity contribution < 1.29 is 4.79 Å². The lowest BCUT2D eigenvalue weighted by Crippen LogP contribution is -2.31. The average Bonchev–Trinajstić information content (AvgIpc) is 2.82. The highest BCUT2D eigenvalue weighted by Crippen LogP contribution is 2.40. The van der Waals surface area contributed by atoms with E-state index in [1.54, 1.807) is 30.7 Å². The van der Waals surface area contributed by atoms with Crippen molar-refractivity contribution in [1.82, 2.24) is 9.55 Å². The van der Waals surface area contributed by atoms with Crippen LogP contribution in [-0.4, -0.2) is 22.5 Å². The SMILES string of the molecule is CC(=O)N(C)c1c(C)c(=O)n(CC(C)C)c2nc(-c3ccc(Cl)cc3Cl)c(-c3ccc(Cl)cc3)cc12. The number of anilines is 1. The van der Waals surface area contributed by atoms with Crippen LogP contribution in [0.3, 0.4) is 0 Å². The molecule has 4 rings (SSSR count). The van der Waals surface area contributed by atoms with Gasteiger partial charge in [0, 0.05) is 52.6 Å². The molecule has 0 saturated carbocycles. The second-order valence-corrected chi connectivity index (χ2v) is 10.5. The standard InChI is InChI=1S/C28H26Cl3N3O2/c1-15(2)14-34-27-23(26(16(3)28(34)36)33(5)17(4)35)13-22(18-6-8-19(29)9-7-18)25(32-27)21-11-10-20(30)12-24(21)31/h6-13,15H,14H2,1-5H3. The third kappa shape index (κ3) is 4.88. The van der Waals surface area contributed by atoms with E-state index < -0.39 is 0 Å². The van der Waals surface area contributed by atoms with E-state index in [1.165, 1.54) is 11.8 Å². The topological polar surface area (TPSA) is 55.2 Å². The molecule has 0 aliphatic heterocycles. The molecular weight excluding hydrogens is 517 g/mol. The maximum absolute atomic E-state index is 13.5. The highest BCUT2D eigenvalue weighted by molar-refractivity contribution is 6.36. The highest BCUT2D eigenvalue weighted by atomic mass is 35.5. The van der Waals surface area contributed by atoms with E-state index in [-0.39, 0.29) is 17.4 Å². The second-order valence-electron chi connectivity index (χ2n) is 9.25. The first-order valence-electron chi connectivity index (χ1n) is 11.5. The van der Waals surface area contributed by atoms with Gasteiger partial charge in [-0.1, -0.05) is 60.8 Å². The highest BCUT2D eigenvalue weighted by Gasteiger charge is 2.24. The van der Waals surface area contributed by atoms with E-state index >= 15 is 0 Å². The average molecular weight is 543 g/mol. The van der Waals surface area contributed by atoms with Crippen LogP contribution >= 0.6 is 34.8 Å². The summed E-state index contributed by atoms with van der Waals surface area (Å²) < 4.78 is 1.69. The van der Waals surface area contributed by atoms with Gasteiger partial charge < -0.3 is 4.90 Å². The molecule has 0 bridgehead atoms. The minimum atomic E-state index is -0.182. The molecule has 2 aromatic heterocycles. The molecule has 4 aromatic rings. The molecule has 2 aromatic carbocycles. The Bertz CT molecular complexity index is 1540. The molecule has 0 aliphatic rings. The fourth-order valence-corrected chi connectivity index (χ4v) is 4.97. The van der Waals surface area contributed by atoms with Crippen LogP contribution in [0.1, 0.15) is 26.3 Å². The molecule has 0 atom stereocenters. The van der Waals surface area contributed by atoms with Crippen LogP contribution in [0.2, 0.25) is 15.1 Å². The van der Waals surface area contributed by atoms with Crippen molar-refractivity contribution in [3.05, 3.63) is 79.5 Å². The van der Waals surface area contributed by atoms with Gasteiger partial charge in [0.15, 0.2) is 0 Å². The lowest BCUT2D eigenvalue weighted by Gasteiger charge is -2.24. The van der Waals surface area contributed by atoms with Crippen molar-refractivity contribution in [2.75, 3.05) is 11.9 Å². The third-order valence-corrected chi connectivity index (χ3v) is 6.93. The third-order valence-electron chi connectivity index (χ3n) is 6.13. The van der Waals surface area contributed by atoms with Gasteiger partial charge in [-0.25, -0.2) is 4.98 Å². The minimum absolute atomic E-state index is 0.181. The molecule has 1 amide bonds. The number of nitrogens with zero attached hydrogens (tertiary/aromatic N) is 3. The molecule has 0 saturated heterocycles. The van der Waals surface area contributed by atoms with Crippen molar-refractivity contribution in [3.63, 3.8) is 0 Å². The molecule has 0 aliphatic carbocycles. The van der Waals surface area contributed by atoms with Crippen LogP contribution in [0, 0.1) is 12.8 Å². The molecule has 8 heteroatoms. The molecule has 0 unspecified atom stereocenters. The summed E-state index contributed by atoms with van der Waals surface area (Å²) in [6, 6.07) is 14.6. The van der Waals surface area contributed by atoms with Gasteiger partial charge in [-0.05, 0) is 54.8 Å². The molecule has 5 nitrogen and oxygen atoms in total. The molecule has 186 valence electrons. The lowest BCUT2D eigenvalue weighted by atomic mass is 9.96. The number of benzene rings is 2. The lowest BCUT2D eigenvalue weighted by molar-refractivity contribution is -0.116. The fraction of sp³-hybridized carbons (Fsp3) is 0.250. The van der Waals surface area contributed by atoms with Crippen molar-refractivity contribution in [2.24, 2.45) is 5.92 Å². The zero-order chi connectivity index (χ0) is 26.3. The number of aromatic nitrogens is 2. The van der Waals surface area contributed by atoms with Crippen LogP contribution in [0.5, 0.6) is 0 Å². The Balaban J connectivity index is 2.21. The molecule has 0 radical (unpaired) electrons. The van der Waals surface area contributed by atoms with E-state index in [4.69, 9.17) is 39.8 Å². The number of rotatable bonds is 5. The summed E-state index contributed by atoms with van der Waals surface area (Å²) in [5, 5.41) is 2.26. The predicted octanol–water partition coefficient (Wildman–Crippen LogP) is 7.64. The number of pyridine rings is 2. The Morgan fingerprint density at radius 3 is 2.22 bits per heavy atom. The number of hydrogen-bond donors (Lipinski definition) is 0. The van der Waals surface area contributed by atoms with E-state index in [0.717, 1.165) is 11.1 Å². The largest absolute Gasteiger partial charge is 0.315 e. The molecule has 0 spiro atoms. The molecule has 36 heavy (non-hydrogen) atoms. The molecule has 0 N–H and O–H groups in total. The van der Waals surface area contributed by atoms with Gasteiger partial charge in [-0.3, -0.25) is 14.2 Å². The van der Waals surface area contributed by atoms with Crippen molar-refractivity contribution in [1.29, 1.82) is 0 Å². The second kappa shape index (κ2) is 10.3. The normalized spacial score (nSPS) is 11.4. The number of fused-ring (bicyclic) bond motifs is 1. The quantitative estimate of drug-likeness (QED) is 0.260. The summed E-state index contributed by atoms with van der Waals surface area (Å²) in [7, 11) is 1.67. The number of halogens is 3. The fourth-order valence-electron chi connectivity index (χ4n) is 4.35. The molecule has 2 heterocycles. The Kier molecular flexibility index (Phi) is 7.46. The summed E-state index contributed by atoms with van der Waals surface area (Å²) in [5.74, 6) is 0.0141. The summed E-state index contributed by atoms with van der Waals surface area (Å²) in [5.41, 5.74) is 4.27. The number of amides is 1. The van der Waals surface area contributed by atoms with Gasteiger partial charge >= 0.3 is 0 Å². The number of carbonyl (C=O) groups is 1. The molecular formula is C28H26Cl3N3O2. The Morgan fingerprint density at radius 2 is 1.64 bits per heavy atom. The maximum Gasteiger partial charge on any atom is 0.257 e. The predicted molar refractivity (Wildman–Crippen MR) is 151 cm³/mol. The molecule has 0 fully saturated rings. The zero-order valence-corrected chi connectivity index (χ0v) is 23.0. The Morgan fingerprint density at radius 1 is 1.00 bits per heavy atom. The summed E-state index contributed by atoms with van der Waals surface area (Å²) >= 11 is 19.0. The van der Waals surface area contributed by atoms with Gasteiger partial charge in [-0.15, -0.1) is 0 Å². The van der Waals surface area contributed by atoms with Crippen LogP contribution in [0.15, 0.2) is 53.3 Å². The zero-order valence-electron chi connectivity index (χ0n) is 20.7.